The Hall–Kier alpha value is -3.68. The van der Waals surface area contributed by atoms with Crippen LogP contribution in [0.4, 0.5) is 27.5 Å². The lowest BCUT2D eigenvalue weighted by Crippen LogP contribution is -2.20. The van der Waals surface area contributed by atoms with Crippen molar-refractivity contribution in [2.45, 2.75) is 19.8 Å². The van der Waals surface area contributed by atoms with Crippen LogP contribution < -0.4 is 20.3 Å². The summed E-state index contributed by atoms with van der Waals surface area (Å²) in [4.78, 5) is 23.5. The molecule has 1 saturated heterocycles. The molecule has 7 nitrogen and oxygen atoms in total. The Morgan fingerprint density at radius 1 is 1.03 bits per heavy atom. The lowest BCUT2D eigenvalue weighted by atomic mass is 10.3. The highest BCUT2D eigenvalue weighted by atomic mass is 19.1. The number of aromatic nitrogens is 2. The highest BCUT2D eigenvalue weighted by molar-refractivity contribution is 5.92. The van der Waals surface area contributed by atoms with Crippen molar-refractivity contribution in [1.82, 2.24) is 9.97 Å². The van der Waals surface area contributed by atoms with E-state index in [1.165, 1.54) is 37.1 Å². The normalized spacial score (nSPS) is 13.2. The number of rotatable bonds is 7. The number of halogens is 1. The number of hydrogen-bond acceptors (Lipinski definition) is 6. The first-order valence-electron chi connectivity index (χ1n) is 10.2. The molecule has 0 unspecified atom stereocenters. The summed E-state index contributed by atoms with van der Waals surface area (Å²) >= 11 is 0. The molecule has 160 valence electrons. The van der Waals surface area contributed by atoms with E-state index < -0.39 is 0 Å². The maximum absolute atomic E-state index is 12.9. The van der Waals surface area contributed by atoms with Gasteiger partial charge in [-0.05, 0) is 68.3 Å². The fourth-order valence-electron chi connectivity index (χ4n) is 3.36. The second-order valence-corrected chi connectivity index (χ2v) is 7.38. The van der Waals surface area contributed by atoms with Crippen LogP contribution in [-0.4, -0.2) is 35.6 Å². The van der Waals surface area contributed by atoms with Gasteiger partial charge < -0.3 is 20.3 Å². The summed E-state index contributed by atoms with van der Waals surface area (Å²) in [5.41, 5.74) is 2.36. The Labute approximate surface area is 180 Å². The summed E-state index contributed by atoms with van der Waals surface area (Å²) in [6, 6.07) is 14.8. The van der Waals surface area contributed by atoms with Crippen molar-refractivity contribution in [1.29, 1.82) is 0 Å². The maximum Gasteiger partial charge on any atom is 0.262 e. The summed E-state index contributed by atoms with van der Waals surface area (Å²) in [6.07, 6.45) is 2.38. The second kappa shape index (κ2) is 9.42. The van der Waals surface area contributed by atoms with Crippen LogP contribution in [0, 0.1) is 12.7 Å². The Morgan fingerprint density at radius 3 is 2.42 bits per heavy atom. The minimum Gasteiger partial charge on any atom is -0.484 e. The van der Waals surface area contributed by atoms with E-state index in [1.54, 1.807) is 12.1 Å². The Balaban J connectivity index is 1.33. The summed E-state index contributed by atoms with van der Waals surface area (Å²) < 4.78 is 18.3. The monoisotopic (exact) mass is 421 g/mol. The molecule has 0 atom stereocenters. The van der Waals surface area contributed by atoms with Crippen LogP contribution in [-0.2, 0) is 4.79 Å². The van der Waals surface area contributed by atoms with Crippen LogP contribution in [0.25, 0.3) is 0 Å². The van der Waals surface area contributed by atoms with Crippen LogP contribution in [0.1, 0.15) is 18.5 Å². The number of nitrogens with zero attached hydrogens (tertiary/aromatic N) is 3. The van der Waals surface area contributed by atoms with E-state index in [1.807, 2.05) is 25.1 Å². The van der Waals surface area contributed by atoms with Gasteiger partial charge in [0.2, 0.25) is 5.95 Å². The molecule has 0 saturated carbocycles. The van der Waals surface area contributed by atoms with E-state index in [2.05, 4.69) is 25.5 Å². The molecule has 4 rings (SSSR count). The van der Waals surface area contributed by atoms with Gasteiger partial charge in [-0.15, -0.1) is 0 Å². The van der Waals surface area contributed by atoms with Crippen LogP contribution in [0.2, 0.25) is 0 Å². The molecule has 1 aromatic heterocycles. The third kappa shape index (κ3) is 5.69. The zero-order chi connectivity index (χ0) is 21.6. The number of aryl methyl sites for hydroxylation is 1. The molecule has 1 fully saturated rings. The molecule has 0 spiro atoms. The number of carbonyl (C=O) groups excluding carboxylic acids is 1. The highest BCUT2D eigenvalue weighted by Crippen LogP contribution is 2.22. The summed E-state index contributed by atoms with van der Waals surface area (Å²) in [5.74, 6) is 1.27. The number of anilines is 4. The molecule has 0 bridgehead atoms. The number of carbonyl (C=O) groups is 1. The number of hydrogen-bond donors (Lipinski definition) is 2. The van der Waals surface area contributed by atoms with Gasteiger partial charge in [-0.1, -0.05) is 0 Å². The fraction of sp³-hybridized carbons (Fsp3) is 0.261. The largest absolute Gasteiger partial charge is 0.484 e. The fourth-order valence-corrected chi connectivity index (χ4v) is 3.36. The van der Waals surface area contributed by atoms with Gasteiger partial charge in [0.25, 0.3) is 5.91 Å². The van der Waals surface area contributed by atoms with E-state index in [0.717, 1.165) is 30.3 Å². The van der Waals surface area contributed by atoms with E-state index in [0.29, 0.717) is 17.4 Å². The molecule has 2 aromatic carbocycles. The van der Waals surface area contributed by atoms with E-state index in [4.69, 9.17) is 4.74 Å². The molecular weight excluding hydrogens is 397 g/mol. The zero-order valence-electron chi connectivity index (χ0n) is 17.3. The van der Waals surface area contributed by atoms with Crippen molar-refractivity contribution in [2.75, 3.05) is 35.2 Å². The highest BCUT2D eigenvalue weighted by Gasteiger charge is 2.15. The molecule has 1 aliphatic heterocycles. The molecule has 31 heavy (non-hydrogen) atoms. The molecule has 0 aliphatic carbocycles. The van der Waals surface area contributed by atoms with E-state index >= 15 is 0 Å². The zero-order valence-corrected chi connectivity index (χ0v) is 17.3. The predicted molar refractivity (Wildman–Crippen MR) is 118 cm³/mol. The van der Waals surface area contributed by atoms with Crippen molar-refractivity contribution < 1.29 is 13.9 Å². The maximum atomic E-state index is 12.9. The van der Waals surface area contributed by atoms with E-state index in [9.17, 15) is 9.18 Å². The summed E-state index contributed by atoms with van der Waals surface area (Å²) in [5, 5.41) is 5.99. The van der Waals surface area contributed by atoms with Crippen molar-refractivity contribution in [2.24, 2.45) is 0 Å². The van der Waals surface area contributed by atoms with Gasteiger partial charge in [0.1, 0.15) is 17.4 Å². The van der Waals surface area contributed by atoms with Gasteiger partial charge in [-0.2, -0.15) is 4.98 Å². The first-order valence-corrected chi connectivity index (χ1v) is 10.2. The predicted octanol–water partition coefficient (Wildman–Crippen LogP) is 4.29. The van der Waals surface area contributed by atoms with Gasteiger partial charge in [-0.25, -0.2) is 9.37 Å². The molecule has 3 aromatic rings. The van der Waals surface area contributed by atoms with Crippen molar-refractivity contribution >= 4 is 29.0 Å². The van der Waals surface area contributed by atoms with Gasteiger partial charge in [0.15, 0.2) is 6.61 Å². The van der Waals surface area contributed by atoms with Gasteiger partial charge in [0, 0.05) is 36.2 Å². The SMILES string of the molecule is Cc1cc(N2CCCC2)nc(Nc2ccc(NC(=O)COc3ccc(F)cc3)cc2)n1. The molecule has 1 aliphatic rings. The number of nitrogens with one attached hydrogen (secondary N) is 2. The number of ether oxygens (including phenoxy) is 1. The summed E-state index contributed by atoms with van der Waals surface area (Å²) in [6.45, 7) is 3.84. The van der Waals surface area contributed by atoms with Gasteiger partial charge in [0.05, 0.1) is 0 Å². The minimum absolute atomic E-state index is 0.165. The molecule has 0 radical (unpaired) electrons. The van der Waals surface area contributed by atoms with Gasteiger partial charge in [-0.3, -0.25) is 4.79 Å². The lowest BCUT2D eigenvalue weighted by molar-refractivity contribution is -0.118. The smallest absolute Gasteiger partial charge is 0.262 e. The Morgan fingerprint density at radius 2 is 1.71 bits per heavy atom. The summed E-state index contributed by atoms with van der Waals surface area (Å²) in [7, 11) is 0. The minimum atomic E-state index is -0.353. The molecule has 1 amide bonds. The van der Waals surface area contributed by atoms with Gasteiger partial charge >= 0.3 is 0 Å². The number of amides is 1. The third-order valence-corrected chi connectivity index (χ3v) is 4.88. The molecule has 2 heterocycles. The van der Waals surface area contributed by atoms with Crippen LogP contribution in [0.5, 0.6) is 5.75 Å². The van der Waals surface area contributed by atoms with Crippen molar-refractivity contribution in [3.8, 4) is 5.75 Å². The number of benzene rings is 2. The average molecular weight is 421 g/mol. The standard InChI is InChI=1S/C23H24FN5O2/c1-16-14-21(29-12-2-3-13-29)28-23(25-16)27-19-8-6-18(7-9-19)26-22(30)15-31-20-10-4-17(24)5-11-20/h4-11,14H,2-3,12-13,15H2,1H3,(H,26,30)(H,25,27,28). The quantitative estimate of drug-likeness (QED) is 0.593. The first kappa shape index (κ1) is 20.6. The molecule has 2 N–H and O–H groups in total. The van der Waals surface area contributed by atoms with Crippen molar-refractivity contribution in [3.63, 3.8) is 0 Å². The first-order chi connectivity index (χ1) is 15.0. The Kier molecular flexibility index (Phi) is 6.26. The average Bonchev–Trinajstić information content (AvgIpc) is 3.29. The lowest BCUT2D eigenvalue weighted by Gasteiger charge is -2.17. The topological polar surface area (TPSA) is 79.4 Å². The molecular formula is C23H24FN5O2. The second-order valence-electron chi connectivity index (χ2n) is 7.38. The van der Waals surface area contributed by atoms with E-state index in [-0.39, 0.29) is 18.3 Å². The molecule has 8 heteroatoms. The Bertz CT molecular complexity index is 1030. The van der Waals surface area contributed by atoms with Crippen molar-refractivity contribution in [3.05, 3.63) is 66.1 Å². The van der Waals surface area contributed by atoms with Crippen LogP contribution in [0.3, 0.4) is 0 Å². The third-order valence-electron chi connectivity index (χ3n) is 4.88. The van der Waals surface area contributed by atoms with Crippen LogP contribution >= 0.6 is 0 Å². The van der Waals surface area contributed by atoms with Crippen LogP contribution in [0.15, 0.2) is 54.6 Å².